The second kappa shape index (κ2) is 6.52. The average Bonchev–Trinajstić information content (AvgIpc) is 3.49. The summed E-state index contributed by atoms with van der Waals surface area (Å²) in [5.74, 6) is 0.667. The molecular formula is C20H24N2O2. The first-order valence-corrected chi connectivity index (χ1v) is 9.09. The summed E-state index contributed by atoms with van der Waals surface area (Å²) in [6, 6.07) is 10.4. The predicted octanol–water partition coefficient (Wildman–Crippen LogP) is 3.49. The van der Waals surface area contributed by atoms with Gasteiger partial charge in [0, 0.05) is 36.2 Å². The molecule has 2 fully saturated rings. The second-order valence-corrected chi connectivity index (χ2v) is 7.05. The van der Waals surface area contributed by atoms with Gasteiger partial charge in [-0.2, -0.15) is 0 Å². The number of aromatic nitrogens is 1. The quantitative estimate of drug-likeness (QED) is 0.793. The molecule has 0 aliphatic heterocycles. The lowest BCUT2D eigenvalue weighted by molar-refractivity contribution is 0.0739. The van der Waals surface area contributed by atoms with Gasteiger partial charge < -0.3 is 10.0 Å². The number of hydrogen-bond acceptors (Lipinski definition) is 3. The standard InChI is InChI=1S/C20H24N2O2/c23-12-4-3-11-22(15-9-10-15)20(24)17-13-19(14-7-8-14)21-18-6-2-1-5-16(17)18/h1-2,5-6,13-15,23H,3-4,7-12H2. The number of nitrogens with zero attached hydrogens (tertiary/aromatic N) is 2. The molecule has 0 spiro atoms. The fourth-order valence-corrected chi connectivity index (χ4v) is 3.35. The van der Waals surface area contributed by atoms with Gasteiger partial charge in [-0.15, -0.1) is 0 Å². The summed E-state index contributed by atoms with van der Waals surface area (Å²) in [6.07, 6.45) is 6.18. The molecule has 126 valence electrons. The van der Waals surface area contributed by atoms with E-state index in [1.165, 1.54) is 12.8 Å². The van der Waals surface area contributed by atoms with Crippen molar-refractivity contribution in [2.24, 2.45) is 0 Å². The van der Waals surface area contributed by atoms with Gasteiger partial charge in [-0.3, -0.25) is 9.78 Å². The number of fused-ring (bicyclic) bond motifs is 1. The summed E-state index contributed by atoms with van der Waals surface area (Å²) in [5, 5.41) is 9.98. The molecule has 4 rings (SSSR count). The molecule has 2 aliphatic rings. The van der Waals surface area contributed by atoms with E-state index in [1.54, 1.807) is 0 Å². The van der Waals surface area contributed by atoms with E-state index >= 15 is 0 Å². The van der Waals surface area contributed by atoms with E-state index in [-0.39, 0.29) is 12.5 Å². The minimum Gasteiger partial charge on any atom is -0.396 e. The van der Waals surface area contributed by atoms with Crippen molar-refractivity contribution < 1.29 is 9.90 Å². The van der Waals surface area contributed by atoms with Crippen LogP contribution < -0.4 is 0 Å². The maximum Gasteiger partial charge on any atom is 0.254 e. The highest BCUT2D eigenvalue weighted by Gasteiger charge is 2.34. The number of pyridine rings is 1. The van der Waals surface area contributed by atoms with E-state index in [9.17, 15) is 4.79 Å². The molecular weight excluding hydrogens is 300 g/mol. The summed E-state index contributed by atoms with van der Waals surface area (Å²) >= 11 is 0. The average molecular weight is 324 g/mol. The SMILES string of the molecule is O=C(c1cc(C2CC2)nc2ccccc12)N(CCCCO)C1CC1. The van der Waals surface area contributed by atoms with E-state index in [4.69, 9.17) is 10.1 Å². The fraction of sp³-hybridized carbons (Fsp3) is 0.500. The molecule has 0 bridgehead atoms. The molecule has 2 saturated carbocycles. The summed E-state index contributed by atoms with van der Waals surface area (Å²) < 4.78 is 0. The number of carbonyl (C=O) groups is 1. The third-order valence-electron chi connectivity index (χ3n) is 5.02. The Balaban J connectivity index is 1.69. The molecule has 1 heterocycles. The number of amides is 1. The lowest BCUT2D eigenvalue weighted by atomic mass is 10.0. The van der Waals surface area contributed by atoms with Crippen LogP contribution in [0.1, 0.15) is 60.5 Å². The number of aliphatic hydroxyl groups is 1. The Morgan fingerprint density at radius 3 is 2.67 bits per heavy atom. The van der Waals surface area contributed by atoms with Crippen LogP contribution in [0.2, 0.25) is 0 Å². The zero-order valence-corrected chi connectivity index (χ0v) is 13.9. The van der Waals surface area contributed by atoms with Gasteiger partial charge in [0.1, 0.15) is 0 Å². The third-order valence-corrected chi connectivity index (χ3v) is 5.02. The first-order chi connectivity index (χ1) is 11.8. The van der Waals surface area contributed by atoms with Crippen LogP contribution in [0.5, 0.6) is 0 Å². The molecule has 1 amide bonds. The summed E-state index contributed by atoms with van der Waals surface area (Å²) in [7, 11) is 0. The Morgan fingerprint density at radius 2 is 1.96 bits per heavy atom. The highest BCUT2D eigenvalue weighted by atomic mass is 16.3. The van der Waals surface area contributed by atoms with Crippen LogP contribution in [0.25, 0.3) is 10.9 Å². The van der Waals surface area contributed by atoms with Crippen molar-refractivity contribution in [1.82, 2.24) is 9.88 Å². The molecule has 1 aromatic carbocycles. The van der Waals surface area contributed by atoms with E-state index in [0.29, 0.717) is 12.0 Å². The molecule has 0 radical (unpaired) electrons. The lowest BCUT2D eigenvalue weighted by Crippen LogP contribution is -2.34. The fourth-order valence-electron chi connectivity index (χ4n) is 3.35. The van der Waals surface area contributed by atoms with Gasteiger partial charge in [-0.25, -0.2) is 0 Å². The van der Waals surface area contributed by atoms with Gasteiger partial charge in [0.05, 0.1) is 11.1 Å². The zero-order valence-electron chi connectivity index (χ0n) is 13.9. The number of carbonyl (C=O) groups excluding carboxylic acids is 1. The molecule has 4 heteroatoms. The number of hydrogen-bond donors (Lipinski definition) is 1. The van der Waals surface area contributed by atoms with Crippen molar-refractivity contribution in [3.63, 3.8) is 0 Å². The normalized spacial score (nSPS) is 17.2. The number of para-hydroxylation sites is 1. The molecule has 0 saturated heterocycles. The minimum absolute atomic E-state index is 0.135. The van der Waals surface area contributed by atoms with Crippen LogP contribution in [0.15, 0.2) is 30.3 Å². The predicted molar refractivity (Wildman–Crippen MR) is 94.1 cm³/mol. The van der Waals surface area contributed by atoms with Crippen molar-refractivity contribution >= 4 is 16.8 Å². The molecule has 1 N–H and O–H groups in total. The number of unbranched alkanes of at least 4 members (excludes halogenated alkanes) is 1. The minimum atomic E-state index is 0.135. The van der Waals surface area contributed by atoms with Crippen molar-refractivity contribution in [2.75, 3.05) is 13.2 Å². The first-order valence-electron chi connectivity index (χ1n) is 9.09. The van der Waals surface area contributed by atoms with Crippen LogP contribution >= 0.6 is 0 Å². The Morgan fingerprint density at radius 1 is 1.17 bits per heavy atom. The zero-order chi connectivity index (χ0) is 16.5. The van der Waals surface area contributed by atoms with E-state index < -0.39 is 0 Å². The Labute approximate surface area is 142 Å². The van der Waals surface area contributed by atoms with Crippen LogP contribution in [-0.4, -0.2) is 40.1 Å². The van der Waals surface area contributed by atoms with Crippen LogP contribution in [-0.2, 0) is 0 Å². The molecule has 0 atom stereocenters. The van der Waals surface area contributed by atoms with Crippen molar-refractivity contribution in [3.8, 4) is 0 Å². The van der Waals surface area contributed by atoms with Gasteiger partial charge in [0.2, 0.25) is 0 Å². The molecule has 24 heavy (non-hydrogen) atoms. The Hall–Kier alpha value is -1.94. The smallest absolute Gasteiger partial charge is 0.254 e. The largest absolute Gasteiger partial charge is 0.396 e. The summed E-state index contributed by atoms with van der Waals surface area (Å²) in [5.41, 5.74) is 2.80. The highest BCUT2D eigenvalue weighted by Crippen LogP contribution is 2.40. The van der Waals surface area contributed by atoms with Gasteiger partial charge in [-0.05, 0) is 50.7 Å². The summed E-state index contributed by atoms with van der Waals surface area (Å²) in [4.78, 5) is 20.1. The maximum absolute atomic E-state index is 13.3. The number of rotatable bonds is 7. The van der Waals surface area contributed by atoms with Gasteiger partial charge in [0.15, 0.2) is 0 Å². The van der Waals surface area contributed by atoms with Crippen LogP contribution in [0, 0.1) is 0 Å². The molecule has 4 nitrogen and oxygen atoms in total. The van der Waals surface area contributed by atoms with Gasteiger partial charge >= 0.3 is 0 Å². The Kier molecular flexibility index (Phi) is 4.23. The lowest BCUT2D eigenvalue weighted by Gasteiger charge is -2.23. The van der Waals surface area contributed by atoms with Crippen molar-refractivity contribution in [1.29, 1.82) is 0 Å². The van der Waals surface area contributed by atoms with Crippen LogP contribution in [0.3, 0.4) is 0 Å². The van der Waals surface area contributed by atoms with E-state index in [2.05, 4.69) is 0 Å². The first kappa shape index (κ1) is 15.6. The van der Waals surface area contributed by atoms with Crippen molar-refractivity contribution in [3.05, 3.63) is 41.6 Å². The number of benzene rings is 1. The highest BCUT2D eigenvalue weighted by molar-refractivity contribution is 6.06. The molecule has 1 aromatic heterocycles. The monoisotopic (exact) mass is 324 g/mol. The van der Waals surface area contributed by atoms with Gasteiger partial charge in [0.25, 0.3) is 5.91 Å². The van der Waals surface area contributed by atoms with Crippen LogP contribution in [0.4, 0.5) is 0 Å². The maximum atomic E-state index is 13.3. The summed E-state index contributed by atoms with van der Waals surface area (Å²) in [6.45, 7) is 0.927. The topological polar surface area (TPSA) is 53.4 Å². The van der Waals surface area contributed by atoms with Gasteiger partial charge in [-0.1, -0.05) is 18.2 Å². The Bertz CT molecular complexity index is 750. The molecule has 2 aliphatic carbocycles. The van der Waals surface area contributed by atoms with E-state index in [1.807, 2.05) is 35.2 Å². The molecule has 0 unspecified atom stereocenters. The van der Waals surface area contributed by atoms with E-state index in [0.717, 1.165) is 54.4 Å². The third kappa shape index (κ3) is 3.16. The van der Waals surface area contributed by atoms with Crippen molar-refractivity contribution in [2.45, 2.75) is 50.5 Å². The number of aliphatic hydroxyl groups excluding tert-OH is 1. The second-order valence-electron chi connectivity index (χ2n) is 7.05. The molecule has 2 aromatic rings.